The second-order valence-corrected chi connectivity index (χ2v) is 17.9. The van der Waals surface area contributed by atoms with Crippen molar-refractivity contribution >= 4 is 11.9 Å². The third kappa shape index (κ3) is 52.9. The highest BCUT2D eigenvalue weighted by Crippen LogP contribution is 2.18. The highest BCUT2D eigenvalue weighted by Gasteiger charge is 2.00. The van der Waals surface area contributed by atoms with Crippen LogP contribution in [0.4, 0.5) is 0 Å². The largest absolute Gasteiger partial charge is 0.481 e. The zero-order chi connectivity index (χ0) is 39.8. The zero-order valence-electron chi connectivity index (χ0n) is 37.4. The Bertz CT molecular complexity index is 676. The van der Waals surface area contributed by atoms with Crippen LogP contribution in [0.2, 0.25) is 0 Å². The van der Waals surface area contributed by atoms with Crippen LogP contribution in [0.25, 0.3) is 0 Å². The molecule has 4 heteroatoms. The molecule has 0 unspecified atom stereocenters. The summed E-state index contributed by atoms with van der Waals surface area (Å²) in [6.07, 6.45) is 65.8. The minimum atomic E-state index is -0.649. The molecule has 0 aromatic carbocycles. The van der Waals surface area contributed by atoms with Crippen LogP contribution in [-0.2, 0) is 9.59 Å². The van der Waals surface area contributed by atoms with Crippen molar-refractivity contribution in [3.63, 3.8) is 0 Å². The quantitative estimate of drug-likeness (QED) is 0.0603. The number of hydrogen-bond donors (Lipinski definition) is 2. The molecule has 2 N–H and O–H groups in total. The van der Waals surface area contributed by atoms with Crippen molar-refractivity contribution in [1.29, 1.82) is 0 Å². The Kier molecular flexibility index (Phi) is 48.1. The van der Waals surface area contributed by atoms with E-state index in [9.17, 15) is 9.59 Å². The van der Waals surface area contributed by atoms with Gasteiger partial charge in [0.05, 0.1) is 0 Å². The van der Waals surface area contributed by atoms with Crippen LogP contribution >= 0.6 is 0 Å². The molecule has 0 aliphatic carbocycles. The third-order valence-corrected chi connectivity index (χ3v) is 12.3. The summed E-state index contributed by atoms with van der Waals surface area (Å²) in [7, 11) is 0. The Balaban J connectivity index is 3.06. The van der Waals surface area contributed by atoms with E-state index in [0.717, 1.165) is 25.7 Å². The van der Waals surface area contributed by atoms with Gasteiger partial charge >= 0.3 is 11.9 Å². The third-order valence-electron chi connectivity index (χ3n) is 12.3. The first-order valence-electron chi connectivity index (χ1n) is 25.6. The number of hydrogen-bond acceptors (Lipinski definition) is 2. The summed E-state index contributed by atoms with van der Waals surface area (Å²) in [5, 5.41) is 17.3. The van der Waals surface area contributed by atoms with Gasteiger partial charge in [0.2, 0.25) is 0 Å². The molecule has 0 aromatic heterocycles. The van der Waals surface area contributed by atoms with E-state index in [-0.39, 0.29) is 0 Å². The van der Waals surface area contributed by atoms with Crippen molar-refractivity contribution in [2.24, 2.45) is 0 Å². The van der Waals surface area contributed by atoms with Crippen molar-refractivity contribution in [2.75, 3.05) is 0 Å². The molecule has 0 spiro atoms. The average Bonchev–Trinajstić information content (AvgIpc) is 3.17. The number of carboxylic acid groups (broad SMARTS) is 2. The molecule has 0 rings (SSSR count). The molecule has 0 atom stereocenters. The van der Waals surface area contributed by atoms with Gasteiger partial charge in [-0.3, -0.25) is 9.59 Å². The molecule has 0 amide bonds. The maximum Gasteiger partial charge on any atom is 0.303 e. The van der Waals surface area contributed by atoms with E-state index in [2.05, 4.69) is 0 Å². The van der Waals surface area contributed by atoms with Gasteiger partial charge in [0.25, 0.3) is 0 Å². The van der Waals surface area contributed by atoms with Gasteiger partial charge in [-0.25, -0.2) is 0 Å². The maximum atomic E-state index is 10.5. The topological polar surface area (TPSA) is 74.6 Å². The molecule has 0 saturated heterocycles. The minimum absolute atomic E-state index is 0.343. The molecule has 0 heterocycles. The van der Waals surface area contributed by atoms with Crippen molar-refractivity contribution in [1.82, 2.24) is 0 Å². The maximum absolute atomic E-state index is 10.5. The molecule has 328 valence electrons. The molecule has 0 aliphatic rings. The SMILES string of the molecule is O=C(O)CCCCCCCCCCCCCCCCCCCCCCCCCCCCCCCCCCCCCCCCCCCCCCCCCC(=O)O. The van der Waals surface area contributed by atoms with Crippen LogP contribution < -0.4 is 0 Å². The molecule has 0 aromatic rings. The van der Waals surface area contributed by atoms with Gasteiger partial charge in [0, 0.05) is 12.8 Å². The van der Waals surface area contributed by atoms with Crippen molar-refractivity contribution in [3.8, 4) is 0 Å². The fraction of sp³-hybridized carbons (Fsp3) is 0.961. The lowest BCUT2D eigenvalue weighted by Crippen LogP contribution is -1.93. The Morgan fingerprint density at radius 2 is 0.236 bits per heavy atom. The lowest BCUT2D eigenvalue weighted by Gasteiger charge is -2.05. The number of carboxylic acids is 2. The Labute approximate surface area is 345 Å². The predicted octanol–water partition coefficient (Wildman–Crippen LogP) is 18.3. The molecule has 0 bridgehead atoms. The average molecular weight is 777 g/mol. The summed E-state index contributed by atoms with van der Waals surface area (Å²) in [5.41, 5.74) is 0. The first-order chi connectivity index (χ1) is 27.1. The first-order valence-corrected chi connectivity index (χ1v) is 25.6. The normalized spacial score (nSPS) is 11.5. The Morgan fingerprint density at radius 1 is 0.164 bits per heavy atom. The van der Waals surface area contributed by atoms with E-state index in [1.165, 1.54) is 276 Å². The molecule has 55 heavy (non-hydrogen) atoms. The zero-order valence-corrected chi connectivity index (χ0v) is 37.4. The van der Waals surface area contributed by atoms with Crippen LogP contribution in [0, 0.1) is 0 Å². The van der Waals surface area contributed by atoms with Gasteiger partial charge in [-0.15, -0.1) is 0 Å². The highest BCUT2D eigenvalue weighted by atomic mass is 16.4. The van der Waals surface area contributed by atoms with Gasteiger partial charge < -0.3 is 10.2 Å². The van der Waals surface area contributed by atoms with E-state index in [1.54, 1.807) is 0 Å². The van der Waals surface area contributed by atoms with E-state index in [0.29, 0.717) is 12.8 Å². The van der Waals surface area contributed by atoms with Gasteiger partial charge in [0.15, 0.2) is 0 Å². The van der Waals surface area contributed by atoms with Gasteiger partial charge in [-0.1, -0.05) is 289 Å². The molecular formula is C51H100O4. The molecule has 0 aliphatic heterocycles. The van der Waals surface area contributed by atoms with Gasteiger partial charge in [-0.05, 0) is 12.8 Å². The number of unbranched alkanes of at least 4 members (excludes halogenated alkanes) is 46. The van der Waals surface area contributed by atoms with Gasteiger partial charge in [-0.2, -0.15) is 0 Å². The molecule has 0 radical (unpaired) electrons. The lowest BCUT2D eigenvalue weighted by molar-refractivity contribution is -0.138. The molecular weight excluding hydrogens is 677 g/mol. The summed E-state index contributed by atoms with van der Waals surface area (Å²) in [5.74, 6) is -1.30. The summed E-state index contributed by atoms with van der Waals surface area (Å²) >= 11 is 0. The van der Waals surface area contributed by atoms with Crippen LogP contribution in [0.3, 0.4) is 0 Å². The van der Waals surface area contributed by atoms with E-state index >= 15 is 0 Å². The molecule has 0 fully saturated rings. The van der Waals surface area contributed by atoms with E-state index in [4.69, 9.17) is 10.2 Å². The van der Waals surface area contributed by atoms with Crippen LogP contribution in [0.5, 0.6) is 0 Å². The number of aliphatic carboxylic acids is 2. The Morgan fingerprint density at radius 3 is 0.309 bits per heavy atom. The molecule has 4 nitrogen and oxygen atoms in total. The van der Waals surface area contributed by atoms with Crippen LogP contribution in [0.1, 0.15) is 315 Å². The summed E-state index contributed by atoms with van der Waals surface area (Å²) in [6.45, 7) is 0. The number of rotatable bonds is 50. The van der Waals surface area contributed by atoms with Crippen molar-refractivity contribution < 1.29 is 19.8 Å². The second kappa shape index (κ2) is 49.1. The first kappa shape index (κ1) is 53.9. The van der Waals surface area contributed by atoms with Crippen molar-refractivity contribution in [3.05, 3.63) is 0 Å². The lowest BCUT2D eigenvalue weighted by atomic mass is 10.0. The summed E-state index contributed by atoms with van der Waals surface area (Å²) in [6, 6.07) is 0. The van der Waals surface area contributed by atoms with E-state index < -0.39 is 11.9 Å². The standard InChI is InChI=1S/C51H100O4/c52-50(53)48-46-44-42-40-38-36-34-32-30-28-26-24-22-20-18-16-14-12-10-8-6-4-2-1-3-5-7-9-11-13-15-17-19-21-23-25-27-29-31-33-35-37-39-41-43-45-47-49-51(54)55/h1-49H2,(H,52,53)(H,54,55). The van der Waals surface area contributed by atoms with Gasteiger partial charge in [0.1, 0.15) is 0 Å². The predicted molar refractivity (Wildman–Crippen MR) is 242 cm³/mol. The molecule has 0 saturated carbocycles. The second-order valence-electron chi connectivity index (χ2n) is 17.9. The van der Waals surface area contributed by atoms with E-state index in [1.807, 2.05) is 0 Å². The van der Waals surface area contributed by atoms with Crippen molar-refractivity contribution in [2.45, 2.75) is 315 Å². The Hall–Kier alpha value is -1.06. The minimum Gasteiger partial charge on any atom is -0.481 e. The smallest absolute Gasteiger partial charge is 0.303 e. The van der Waals surface area contributed by atoms with Crippen LogP contribution in [-0.4, -0.2) is 22.2 Å². The fourth-order valence-electron chi connectivity index (χ4n) is 8.51. The number of carbonyl (C=O) groups is 2. The fourth-order valence-corrected chi connectivity index (χ4v) is 8.51. The van der Waals surface area contributed by atoms with Crippen LogP contribution in [0.15, 0.2) is 0 Å². The monoisotopic (exact) mass is 777 g/mol. The summed E-state index contributed by atoms with van der Waals surface area (Å²) < 4.78 is 0. The summed E-state index contributed by atoms with van der Waals surface area (Å²) in [4.78, 5) is 21.0. The highest BCUT2D eigenvalue weighted by molar-refractivity contribution is 5.66.